The average Bonchev–Trinajstić information content (AvgIpc) is 2.70. The maximum absolute atomic E-state index is 5.47. The predicted octanol–water partition coefficient (Wildman–Crippen LogP) is 1.17. The van der Waals surface area contributed by atoms with Crippen LogP contribution in [-0.4, -0.2) is 89.6 Å². The van der Waals surface area contributed by atoms with E-state index in [0.29, 0.717) is 26.4 Å². The molecule has 2 N–H and O–H groups in total. The summed E-state index contributed by atoms with van der Waals surface area (Å²) in [6.07, 6.45) is 2.79. The first-order chi connectivity index (χ1) is 13.2. The van der Waals surface area contributed by atoms with E-state index >= 15 is 0 Å². The Bertz CT molecular complexity index is 567. The minimum absolute atomic E-state index is 0. The van der Waals surface area contributed by atoms with Crippen molar-refractivity contribution in [3.63, 3.8) is 0 Å². The van der Waals surface area contributed by atoms with Crippen LogP contribution < -0.4 is 15.5 Å². The Hall–Kier alpha value is -1.17. The van der Waals surface area contributed by atoms with E-state index in [1.807, 2.05) is 12.3 Å². The Balaban J connectivity index is 0.00000392. The summed E-state index contributed by atoms with van der Waals surface area (Å²) in [5, 5.41) is 6.71. The first-order valence-electron chi connectivity index (χ1n) is 9.63. The third-order valence-electron chi connectivity index (χ3n) is 4.53. The SMILES string of the molecule is CN=C(NCCCOCCOC)NCc1cccnc1N1CCN(C)CC1.I. The van der Waals surface area contributed by atoms with Gasteiger partial charge in [-0.2, -0.15) is 0 Å². The number of nitrogens with one attached hydrogen (secondary N) is 2. The van der Waals surface area contributed by atoms with E-state index in [2.05, 4.69) is 43.5 Å². The van der Waals surface area contributed by atoms with Crippen LogP contribution in [0.1, 0.15) is 12.0 Å². The van der Waals surface area contributed by atoms with Crippen molar-refractivity contribution in [2.24, 2.45) is 4.99 Å². The Kier molecular flexibility index (Phi) is 13.1. The second-order valence-corrected chi connectivity index (χ2v) is 6.59. The molecule has 0 amide bonds. The summed E-state index contributed by atoms with van der Waals surface area (Å²) in [5.41, 5.74) is 1.19. The number of hydrogen-bond acceptors (Lipinski definition) is 6. The second kappa shape index (κ2) is 14.8. The Morgan fingerprint density at radius 2 is 1.96 bits per heavy atom. The van der Waals surface area contributed by atoms with E-state index in [1.165, 1.54) is 5.56 Å². The zero-order valence-electron chi connectivity index (χ0n) is 17.3. The zero-order chi connectivity index (χ0) is 19.3. The number of pyridine rings is 1. The minimum Gasteiger partial charge on any atom is -0.382 e. The van der Waals surface area contributed by atoms with Crippen molar-refractivity contribution in [3.8, 4) is 0 Å². The third kappa shape index (κ3) is 8.89. The van der Waals surface area contributed by atoms with Crippen molar-refractivity contribution in [2.45, 2.75) is 13.0 Å². The van der Waals surface area contributed by atoms with Crippen LogP contribution in [0.5, 0.6) is 0 Å². The van der Waals surface area contributed by atoms with Gasteiger partial charge in [-0.15, -0.1) is 24.0 Å². The molecule has 0 bridgehead atoms. The fourth-order valence-corrected chi connectivity index (χ4v) is 2.90. The zero-order valence-corrected chi connectivity index (χ0v) is 19.6. The van der Waals surface area contributed by atoms with Gasteiger partial charge in [-0.25, -0.2) is 4.98 Å². The lowest BCUT2D eigenvalue weighted by atomic mass is 10.2. The second-order valence-electron chi connectivity index (χ2n) is 6.59. The third-order valence-corrected chi connectivity index (χ3v) is 4.53. The smallest absolute Gasteiger partial charge is 0.191 e. The number of rotatable bonds is 10. The maximum Gasteiger partial charge on any atom is 0.191 e. The molecule has 0 radical (unpaired) electrons. The van der Waals surface area contributed by atoms with Crippen molar-refractivity contribution >= 4 is 35.8 Å². The normalized spacial score (nSPS) is 15.2. The number of halogens is 1. The van der Waals surface area contributed by atoms with Gasteiger partial charge in [0.05, 0.1) is 13.2 Å². The van der Waals surface area contributed by atoms with Gasteiger partial charge in [-0.05, 0) is 19.5 Å². The van der Waals surface area contributed by atoms with Gasteiger partial charge in [0.1, 0.15) is 5.82 Å². The fraction of sp³-hybridized carbons (Fsp3) is 0.684. The van der Waals surface area contributed by atoms with Gasteiger partial charge in [0.15, 0.2) is 5.96 Å². The van der Waals surface area contributed by atoms with Crippen LogP contribution >= 0.6 is 24.0 Å². The molecule has 160 valence electrons. The van der Waals surface area contributed by atoms with Gasteiger partial charge < -0.3 is 29.9 Å². The molecule has 0 spiro atoms. The molecule has 1 saturated heterocycles. The molecule has 2 rings (SSSR count). The quantitative estimate of drug-likeness (QED) is 0.214. The van der Waals surface area contributed by atoms with Crippen LogP contribution in [0, 0.1) is 0 Å². The van der Waals surface area contributed by atoms with Crippen molar-refractivity contribution in [1.29, 1.82) is 0 Å². The van der Waals surface area contributed by atoms with E-state index < -0.39 is 0 Å². The number of ether oxygens (including phenoxy) is 2. The van der Waals surface area contributed by atoms with E-state index in [1.54, 1.807) is 14.2 Å². The number of guanidine groups is 1. The van der Waals surface area contributed by atoms with Gasteiger partial charge in [-0.1, -0.05) is 6.07 Å². The molecule has 1 aliphatic heterocycles. The molecule has 0 saturated carbocycles. The number of nitrogens with zero attached hydrogens (tertiary/aromatic N) is 4. The predicted molar refractivity (Wildman–Crippen MR) is 125 cm³/mol. The number of methoxy groups -OCH3 is 1. The largest absolute Gasteiger partial charge is 0.382 e. The lowest BCUT2D eigenvalue weighted by Gasteiger charge is -2.34. The van der Waals surface area contributed by atoms with Gasteiger partial charge in [0.2, 0.25) is 0 Å². The topological polar surface area (TPSA) is 74.2 Å². The van der Waals surface area contributed by atoms with E-state index in [9.17, 15) is 0 Å². The number of hydrogen-bond donors (Lipinski definition) is 2. The molecule has 1 aromatic heterocycles. The monoisotopic (exact) mass is 506 g/mol. The molecule has 8 nitrogen and oxygen atoms in total. The van der Waals surface area contributed by atoms with Crippen LogP contribution in [0.15, 0.2) is 23.3 Å². The number of piperazine rings is 1. The summed E-state index contributed by atoms with van der Waals surface area (Å²) >= 11 is 0. The molecule has 1 aliphatic rings. The summed E-state index contributed by atoms with van der Waals surface area (Å²) < 4.78 is 10.4. The number of likely N-dealkylation sites (N-methyl/N-ethyl adjacent to an activating group) is 1. The first-order valence-corrected chi connectivity index (χ1v) is 9.63. The summed E-state index contributed by atoms with van der Waals surface area (Å²) in [5.74, 6) is 1.86. The Morgan fingerprint density at radius 1 is 1.18 bits per heavy atom. The highest BCUT2D eigenvalue weighted by Crippen LogP contribution is 2.18. The molecule has 1 fully saturated rings. The Morgan fingerprint density at radius 3 is 2.68 bits per heavy atom. The molecule has 0 aliphatic carbocycles. The van der Waals surface area contributed by atoms with Crippen LogP contribution in [0.4, 0.5) is 5.82 Å². The van der Waals surface area contributed by atoms with Crippen LogP contribution in [0.2, 0.25) is 0 Å². The standard InChI is InChI=1S/C19H34N6O2.HI/c1-20-19(22-8-5-13-27-15-14-26-3)23-16-17-6-4-7-21-18(17)25-11-9-24(2)10-12-25;/h4,6-7H,5,8-16H2,1-3H3,(H2,20,22,23);1H. The minimum atomic E-state index is 0. The van der Waals surface area contributed by atoms with Gasteiger partial charge in [0, 0.05) is 71.8 Å². The molecule has 9 heteroatoms. The molecule has 2 heterocycles. The lowest BCUT2D eigenvalue weighted by Crippen LogP contribution is -2.45. The van der Waals surface area contributed by atoms with E-state index in [0.717, 1.165) is 50.9 Å². The lowest BCUT2D eigenvalue weighted by molar-refractivity contribution is 0.0698. The average molecular weight is 506 g/mol. The number of aliphatic imine (C=N–C) groups is 1. The molecular weight excluding hydrogens is 471 g/mol. The number of aromatic nitrogens is 1. The molecule has 1 aromatic rings. The summed E-state index contributed by atoms with van der Waals surface area (Å²) in [4.78, 5) is 13.6. The molecule has 28 heavy (non-hydrogen) atoms. The van der Waals surface area contributed by atoms with Gasteiger partial charge >= 0.3 is 0 Å². The molecule has 0 unspecified atom stereocenters. The van der Waals surface area contributed by atoms with E-state index in [4.69, 9.17) is 9.47 Å². The molecule has 0 atom stereocenters. The van der Waals surface area contributed by atoms with Crippen LogP contribution in [0.25, 0.3) is 0 Å². The van der Waals surface area contributed by atoms with Crippen molar-refractivity contribution in [3.05, 3.63) is 23.9 Å². The van der Waals surface area contributed by atoms with Gasteiger partial charge in [-0.3, -0.25) is 4.99 Å². The van der Waals surface area contributed by atoms with E-state index in [-0.39, 0.29) is 24.0 Å². The summed E-state index contributed by atoms with van der Waals surface area (Å²) in [6.45, 7) is 7.65. The summed E-state index contributed by atoms with van der Waals surface area (Å²) in [7, 11) is 5.63. The first kappa shape index (κ1) is 24.9. The number of anilines is 1. The molecule has 0 aromatic carbocycles. The highest BCUT2D eigenvalue weighted by atomic mass is 127. The maximum atomic E-state index is 5.47. The fourth-order valence-electron chi connectivity index (χ4n) is 2.90. The van der Waals surface area contributed by atoms with Crippen molar-refractivity contribution in [1.82, 2.24) is 20.5 Å². The van der Waals surface area contributed by atoms with Crippen LogP contribution in [-0.2, 0) is 16.0 Å². The van der Waals surface area contributed by atoms with Crippen LogP contribution in [0.3, 0.4) is 0 Å². The van der Waals surface area contributed by atoms with Gasteiger partial charge in [0.25, 0.3) is 0 Å². The van der Waals surface area contributed by atoms with Crippen molar-refractivity contribution in [2.75, 3.05) is 78.6 Å². The van der Waals surface area contributed by atoms with Crippen molar-refractivity contribution < 1.29 is 9.47 Å². The highest BCUT2D eigenvalue weighted by Gasteiger charge is 2.17. The Labute approximate surface area is 186 Å². The molecular formula is C19H35IN6O2. The highest BCUT2D eigenvalue weighted by molar-refractivity contribution is 14.0. The summed E-state index contributed by atoms with van der Waals surface area (Å²) in [6, 6.07) is 4.12.